The van der Waals surface area contributed by atoms with E-state index in [9.17, 15) is 14.8 Å². The van der Waals surface area contributed by atoms with Crippen molar-refractivity contribution in [3.8, 4) is 11.8 Å². The van der Waals surface area contributed by atoms with Gasteiger partial charge in [-0.25, -0.2) is 5.48 Å². The van der Waals surface area contributed by atoms with E-state index in [1.165, 1.54) is 5.56 Å². The molecule has 1 aliphatic heterocycles. The number of nitrogens with zero attached hydrogens (tertiary/aromatic N) is 1. The summed E-state index contributed by atoms with van der Waals surface area (Å²) in [5.41, 5.74) is 4.42. The normalized spacial score (nSPS) is 18.5. The first kappa shape index (κ1) is 26.3. The van der Waals surface area contributed by atoms with Gasteiger partial charge in [-0.15, -0.1) is 0 Å². The Balaban J connectivity index is 1.38. The molecule has 2 amide bonds. The molecule has 8 nitrogen and oxygen atoms in total. The molecule has 1 aliphatic carbocycles. The lowest BCUT2D eigenvalue weighted by Crippen LogP contribution is -2.65. The first-order chi connectivity index (χ1) is 16.9. The van der Waals surface area contributed by atoms with Crippen molar-refractivity contribution >= 4 is 57.3 Å². The molecule has 2 aromatic rings. The second-order valence-electron chi connectivity index (χ2n) is 8.64. The zero-order valence-corrected chi connectivity index (χ0v) is 23.3. The molecule has 184 valence electrons. The van der Waals surface area contributed by atoms with Crippen LogP contribution < -0.4 is 14.3 Å². The van der Waals surface area contributed by atoms with Crippen molar-refractivity contribution in [1.82, 2.24) is 19.2 Å². The molecule has 1 saturated heterocycles. The van der Waals surface area contributed by atoms with E-state index < -0.39 is 20.9 Å². The number of hydrogen-bond acceptors (Lipinski definition) is 6. The van der Waals surface area contributed by atoms with Crippen molar-refractivity contribution in [2.75, 3.05) is 26.3 Å². The van der Waals surface area contributed by atoms with Gasteiger partial charge in [-0.05, 0) is 77.4 Å². The molecule has 0 spiro atoms. The SMILES string of the molecule is O=C(NC(I)(C(=O)NO)C1(NI)CC1)c1ccc(C#Cc2ccc(CN3CCOCC3)cc2)cc1. The van der Waals surface area contributed by atoms with E-state index in [2.05, 4.69) is 37.7 Å². The van der Waals surface area contributed by atoms with Gasteiger partial charge in [0.05, 0.1) is 18.8 Å². The number of amides is 2. The molecule has 1 atom stereocenters. The number of carbonyl (C=O) groups is 2. The van der Waals surface area contributed by atoms with E-state index in [1.807, 2.05) is 57.6 Å². The van der Waals surface area contributed by atoms with Crippen LogP contribution in [0.4, 0.5) is 0 Å². The lowest BCUT2D eigenvalue weighted by atomic mass is 10.0. The van der Waals surface area contributed by atoms with Crippen molar-refractivity contribution in [1.29, 1.82) is 0 Å². The van der Waals surface area contributed by atoms with Crippen LogP contribution in [0.3, 0.4) is 0 Å². The highest BCUT2D eigenvalue weighted by Gasteiger charge is 2.63. The molecule has 2 aromatic carbocycles. The predicted molar refractivity (Wildman–Crippen MR) is 148 cm³/mol. The molecule has 1 unspecified atom stereocenters. The van der Waals surface area contributed by atoms with Crippen LogP contribution in [0.25, 0.3) is 0 Å². The van der Waals surface area contributed by atoms with Crippen LogP contribution >= 0.6 is 45.5 Å². The summed E-state index contributed by atoms with van der Waals surface area (Å²) < 4.78 is 7.15. The summed E-state index contributed by atoms with van der Waals surface area (Å²) in [6.45, 7) is 4.40. The van der Waals surface area contributed by atoms with Gasteiger partial charge < -0.3 is 10.1 Å². The number of morpholine rings is 1. The van der Waals surface area contributed by atoms with Crippen molar-refractivity contribution in [3.63, 3.8) is 0 Å². The number of nitrogens with one attached hydrogen (secondary N) is 3. The number of hydroxylamine groups is 1. The van der Waals surface area contributed by atoms with E-state index in [1.54, 1.807) is 29.7 Å². The lowest BCUT2D eigenvalue weighted by molar-refractivity contribution is -0.132. The van der Waals surface area contributed by atoms with Gasteiger partial charge in [-0.3, -0.25) is 23.2 Å². The third-order valence-electron chi connectivity index (χ3n) is 6.25. The summed E-state index contributed by atoms with van der Waals surface area (Å²) in [6.07, 6.45) is 1.41. The average molecular weight is 700 g/mol. The number of carbonyl (C=O) groups excluding carboxylic acids is 2. The largest absolute Gasteiger partial charge is 0.379 e. The van der Waals surface area contributed by atoms with Gasteiger partial charge in [0, 0.05) is 59.2 Å². The minimum Gasteiger partial charge on any atom is -0.379 e. The Bertz CT molecular complexity index is 1120. The van der Waals surface area contributed by atoms with Gasteiger partial charge >= 0.3 is 0 Å². The maximum absolute atomic E-state index is 12.9. The molecule has 2 aliphatic rings. The van der Waals surface area contributed by atoms with Crippen LogP contribution in [0.2, 0.25) is 0 Å². The average Bonchev–Trinajstić information content (AvgIpc) is 3.70. The minimum absolute atomic E-state index is 0.402. The highest BCUT2D eigenvalue weighted by molar-refractivity contribution is 14.1. The number of halogens is 2. The van der Waals surface area contributed by atoms with Crippen LogP contribution in [0.1, 0.15) is 39.9 Å². The molecule has 0 radical (unpaired) electrons. The van der Waals surface area contributed by atoms with Gasteiger partial charge in [-0.1, -0.05) is 24.0 Å². The summed E-state index contributed by atoms with van der Waals surface area (Å²) in [5.74, 6) is 5.21. The number of rotatable bonds is 7. The maximum atomic E-state index is 12.9. The zero-order chi connectivity index (χ0) is 24.9. The molecular formula is C25H26I2N4O4. The van der Waals surface area contributed by atoms with E-state index in [-0.39, 0.29) is 0 Å². The Hall–Kier alpha value is -1.76. The van der Waals surface area contributed by atoms with Gasteiger partial charge in [0.25, 0.3) is 11.8 Å². The van der Waals surface area contributed by atoms with E-state index >= 15 is 0 Å². The Labute approximate surface area is 232 Å². The summed E-state index contributed by atoms with van der Waals surface area (Å²) in [4.78, 5) is 27.6. The second kappa shape index (κ2) is 11.5. The standard InChI is InChI=1S/C25H26I2N4O4/c26-25(23(33)29-34,24(30-27)11-12-24)28-22(32)21-9-7-19(8-10-21)2-1-18-3-5-20(6-4-18)17-31-13-15-35-16-14-31/h3-10,30,34H,11-17H2,(H,28,32)(H,29,33). The van der Waals surface area contributed by atoms with Crippen LogP contribution in [0.15, 0.2) is 48.5 Å². The van der Waals surface area contributed by atoms with Crippen molar-refractivity contribution in [3.05, 3.63) is 70.8 Å². The zero-order valence-electron chi connectivity index (χ0n) is 18.9. The maximum Gasteiger partial charge on any atom is 0.281 e. The monoisotopic (exact) mass is 700 g/mol. The molecule has 0 bridgehead atoms. The molecular weight excluding hydrogens is 674 g/mol. The summed E-state index contributed by atoms with van der Waals surface area (Å²) in [6, 6.07) is 15.1. The topological polar surface area (TPSA) is 103 Å². The van der Waals surface area contributed by atoms with Gasteiger partial charge in [-0.2, -0.15) is 0 Å². The smallest absolute Gasteiger partial charge is 0.281 e. The van der Waals surface area contributed by atoms with Crippen LogP contribution in [-0.4, -0.2) is 57.3 Å². The first-order valence-corrected chi connectivity index (χ1v) is 13.4. The molecule has 10 heteroatoms. The molecule has 1 heterocycles. The number of ether oxygens (including phenoxy) is 1. The second-order valence-corrected chi connectivity index (χ2v) is 10.8. The lowest BCUT2D eigenvalue weighted by Gasteiger charge is -2.34. The third-order valence-corrected chi connectivity index (χ3v) is 9.08. The molecule has 0 aromatic heterocycles. The fourth-order valence-electron chi connectivity index (χ4n) is 3.89. The fraction of sp³-hybridized carbons (Fsp3) is 0.360. The first-order valence-electron chi connectivity index (χ1n) is 11.2. The van der Waals surface area contributed by atoms with Gasteiger partial charge in [0.15, 0.2) is 3.55 Å². The summed E-state index contributed by atoms with van der Waals surface area (Å²) in [5, 5.41) is 12.0. The van der Waals surface area contributed by atoms with Crippen molar-refractivity contribution in [2.24, 2.45) is 0 Å². The molecule has 2 fully saturated rings. The number of alkyl halides is 1. The van der Waals surface area contributed by atoms with Crippen LogP contribution in [0, 0.1) is 11.8 Å². The van der Waals surface area contributed by atoms with Gasteiger partial charge in [0.2, 0.25) is 0 Å². The number of benzene rings is 2. The fourth-order valence-corrected chi connectivity index (χ4v) is 6.39. The predicted octanol–water partition coefficient (Wildman–Crippen LogP) is 2.76. The Morgan fingerprint density at radius 1 is 1.03 bits per heavy atom. The van der Waals surface area contributed by atoms with E-state index in [0.29, 0.717) is 18.4 Å². The molecule has 4 N–H and O–H groups in total. The van der Waals surface area contributed by atoms with Gasteiger partial charge in [0.1, 0.15) is 0 Å². The van der Waals surface area contributed by atoms with Crippen LogP contribution in [-0.2, 0) is 16.1 Å². The summed E-state index contributed by atoms with van der Waals surface area (Å²) >= 11 is 3.86. The van der Waals surface area contributed by atoms with E-state index in [0.717, 1.165) is 44.0 Å². The van der Waals surface area contributed by atoms with Crippen molar-refractivity contribution < 1.29 is 19.5 Å². The third kappa shape index (κ3) is 6.15. The summed E-state index contributed by atoms with van der Waals surface area (Å²) in [7, 11) is 0. The molecule has 35 heavy (non-hydrogen) atoms. The van der Waals surface area contributed by atoms with Crippen LogP contribution in [0.5, 0.6) is 0 Å². The van der Waals surface area contributed by atoms with Crippen molar-refractivity contribution in [2.45, 2.75) is 28.5 Å². The minimum atomic E-state index is -1.33. The number of hydrogen-bond donors (Lipinski definition) is 4. The Morgan fingerprint density at radius 2 is 1.60 bits per heavy atom. The van der Waals surface area contributed by atoms with E-state index in [4.69, 9.17) is 4.74 Å². The highest BCUT2D eigenvalue weighted by Crippen LogP contribution is 2.49. The quantitative estimate of drug-likeness (QED) is 0.0675. The highest BCUT2D eigenvalue weighted by atomic mass is 127. The molecule has 4 rings (SSSR count). The Morgan fingerprint density at radius 3 is 2.11 bits per heavy atom. The molecule has 1 saturated carbocycles. The Kier molecular flexibility index (Phi) is 8.67.